The lowest BCUT2D eigenvalue weighted by Gasteiger charge is -2.17. The van der Waals surface area contributed by atoms with Crippen LogP contribution in [0.5, 0.6) is 0 Å². The van der Waals surface area contributed by atoms with Crippen LogP contribution in [0.3, 0.4) is 0 Å². The molecule has 2 unspecified atom stereocenters. The average Bonchev–Trinajstić information content (AvgIpc) is 2.57. The number of hydrogen-bond acceptors (Lipinski definition) is 2. The smallest absolute Gasteiger partial charge is 0.251 e. The van der Waals surface area contributed by atoms with Gasteiger partial charge in [-0.05, 0) is 49.8 Å². The number of carbonyl (C=O) groups is 1. The molecule has 2 rings (SSSR count). The van der Waals surface area contributed by atoms with Gasteiger partial charge in [-0.1, -0.05) is 25.8 Å². The molecule has 1 aromatic rings. The number of rotatable bonds is 2. The predicted octanol–water partition coefficient (Wildman–Crippen LogP) is 3.98. The van der Waals surface area contributed by atoms with Gasteiger partial charge in [-0.25, -0.2) is 0 Å². The van der Waals surface area contributed by atoms with Gasteiger partial charge in [-0.15, -0.1) is 12.6 Å². The summed E-state index contributed by atoms with van der Waals surface area (Å²) in [5.74, 6) is 0.845. The molecule has 1 saturated carbocycles. The van der Waals surface area contributed by atoms with E-state index in [4.69, 9.17) is 0 Å². The van der Waals surface area contributed by atoms with E-state index >= 15 is 0 Å². The number of hydrogen-bond donors (Lipinski definition) is 2. The third-order valence-corrected chi connectivity index (χ3v) is 4.34. The van der Waals surface area contributed by atoms with E-state index in [1.54, 1.807) is 0 Å². The van der Waals surface area contributed by atoms with Crippen LogP contribution in [0.4, 0.5) is 0 Å². The summed E-state index contributed by atoms with van der Waals surface area (Å²) in [7, 11) is 0. The fourth-order valence-corrected chi connectivity index (χ4v) is 2.95. The topological polar surface area (TPSA) is 29.1 Å². The fourth-order valence-electron chi connectivity index (χ4n) is 2.75. The van der Waals surface area contributed by atoms with Crippen LogP contribution in [0.1, 0.15) is 54.9 Å². The normalized spacial score (nSPS) is 23.7. The molecule has 3 heteroatoms. The molecule has 0 aliphatic heterocycles. The van der Waals surface area contributed by atoms with Gasteiger partial charge in [-0.3, -0.25) is 4.79 Å². The molecule has 1 fully saturated rings. The second-order valence-electron chi connectivity index (χ2n) is 5.78. The lowest BCUT2D eigenvalue weighted by Crippen LogP contribution is -2.34. The minimum Gasteiger partial charge on any atom is -0.349 e. The lowest BCUT2D eigenvalue weighted by molar-refractivity contribution is 0.0932. The summed E-state index contributed by atoms with van der Waals surface area (Å²) in [5.41, 5.74) is 1.77. The van der Waals surface area contributed by atoms with Crippen LogP contribution in [0, 0.1) is 12.8 Å². The van der Waals surface area contributed by atoms with E-state index in [9.17, 15) is 4.79 Å². The second-order valence-corrected chi connectivity index (χ2v) is 6.30. The van der Waals surface area contributed by atoms with E-state index in [-0.39, 0.29) is 5.91 Å². The highest BCUT2D eigenvalue weighted by Gasteiger charge is 2.19. The Morgan fingerprint density at radius 2 is 2.05 bits per heavy atom. The molecule has 1 aliphatic rings. The van der Waals surface area contributed by atoms with Crippen molar-refractivity contribution in [3.8, 4) is 0 Å². The molecule has 19 heavy (non-hydrogen) atoms. The summed E-state index contributed by atoms with van der Waals surface area (Å²) in [5, 5.41) is 3.19. The van der Waals surface area contributed by atoms with Gasteiger partial charge in [0.25, 0.3) is 5.91 Å². The van der Waals surface area contributed by atoms with Crippen molar-refractivity contribution in [3.05, 3.63) is 29.3 Å². The Labute approximate surface area is 121 Å². The van der Waals surface area contributed by atoms with Gasteiger partial charge in [0.05, 0.1) is 0 Å². The van der Waals surface area contributed by atoms with Gasteiger partial charge >= 0.3 is 0 Å². The van der Waals surface area contributed by atoms with Crippen molar-refractivity contribution < 1.29 is 4.79 Å². The van der Waals surface area contributed by atoms with E-state index in [0.717, 1.165) is 34.8 Å². The molecule has 104 valence electrons. The van der Waals surface area contributed by atoms with Crippen LogP contribution in [0.15, 0.2) is 23.1 Å². The molecule has 2 atom stereocenters. The van der Waals surface area contributed by atoms with Gasteiger partial charge in [0, 0.05) is 16.5 Å². The summed E-state index contributed by atoms with van der Waals surface area (Å²) < 4.78 is 0. The van der Waals surface area contributed by atoms with Crippen molar-refractivity contribution in [1.82, 2.24) is 5.32 Å². The van der Waals surface area contributed by atoms with Crippen LogP contribution in [0.2, 0.25) is 0 Å². The molecule has 0 spiro atoms. The number of thiol groups is 1. The monoisotopic (exact) mass is 277 g/mol. The average molecular weight is 277 g/mol. The Morgan fingerprint density at radius 3 is 2.84 bits per heavy atom. The molecule has 1 aromatic carbocycles. The highest BCUT2D eigenvalue weighted by atomic mass is 32.1. The number of amides is 1. The summed E-state index contributed by atoms with van der Waals surface area (Å²) in [6.07, 6.45) is 5.94. The van der Waals surface area contributed by atoms with Gasteiger partial charge in [0.1, 0.15) is 0 Å². The third kappa shape index (κ3) is 4.00. The van der Waals surface area contributed by atoms with Crippen molar-refractivity contribution in [3.63, 3.8) is 0 Å². The molecule has 0 radical (unpaired) electrons. The van der Waals surface area contributed by atoms with E-state index in [0.29, 0.717) is 6.04 Å². The lowest BCUT2D eigenvalue weighted by atomic mass is 10.0. The summed E-state index contributed by atoms with van der Waals surface area (Å²) >= 11 is 4.31. The molecular formula is C16H23NOS. The van der Waals surface area contributed by atoms with Crippen LogP contribution in [-0.2, 0) is 0 Å². The first kappa shape index (κ1) is 14.4. The van der Waals surface area contributed by atoms with Crippen molar-refractivity contribution in [1.29, 1.82) is 0 Å². The van der Waals surface area contributed by atoms with E-state index in [1.807, 2.05) is 25.1 Å². The molecule has 2 nitrogen and oxygen atoms in total. The third-order valence-electron chi connectivity index (χ3n) is 4.06. The van der Waals surface area contributed by atoms with Crippen molar-refractivity contribution >= 4 is 18.5 Å². The quantitative estimate of drug-likeness (QED) is 0.621. The van der Waals surface area contributed by atoms with Crippen LogP contribution < -0.4 is 5.32 Å². The van der Waals surface area contributed by atoms with Crippen molar-refractivity contribution in [2.45, 2.75) is 56.9 Å². The standard InChI is InChI=1S/C16H23NOS/c1-11-4-3-5-13(8-6-11)17-16(18)15-10-14(19)9-7-12(15)2/h7,9-11,13,19H,3-6,8H2,1-2H3,(H,17,18). The molecule has 1 N–H and O–H groups in total. The first-order valence-corrected chi connectivity index (χ1v) is 7.61. The Bertz CT molecular complexity index is 458. The van der Waals surface area contributed by atoms with Gasteiger partial charge in [0.15, 0.2) is 0 Å². The molecule has 0 aromatic heterocycles. The fraction of sp³-hybridized carbons (Fsp3) is 0.562. The van der Waals surface area contributed by atoms with Crippen LogP contribution in [-0.4, -0.2) is 11.9 Å². The molecule has 0 bridgehead atoms. The maximum atomic E-state index is 12.3. The largest absolute Gasteiger partial charge is 0.349 e. The number of aryl methyl sites for hydroxylation is 1. The molecule has 1 amide bonds. The molecule has 0 heterocycles. The zero-order valence-corrected chi connectivity index (χ0v) is 12.7. The van der Waals surface area contributed by atoms with Crippen LogP contribution in [0.25, 0.3) is 0 Å². The van der Waals surface area contributed by atoms with E-state index in [2.05, 4.69) is 24.9 Å². The van der Waals surface area contributed by atoms with Gasteiger partial charge < -0.3 is 5.32 Å². The minimum atomic E-state index is 0.0490. The zero-order chi connectivity index (χ0) is 13.8. The Morgan fingerprint density at radius 1 is 1.26 bits per heavy atom. The number of carbonyl (C=O) groups excluding carboxylic acids is 1. The first-order valence-electron chi connectivity index (χ1n) is 7.16. The number of benzene rings is 1. The summed E-state index contributed by atoms with van der Waals surface area (Å²) in [6, 6.07) is 6.06. The highest BCUT2D eigenvalue weighted by Crippen LogP contribution is 2.23. The zero-order valence-electron chi connectivity index (χ0n) is 11.8. The molecule has 0 saturated heterocycles. The van der Waals surface area contributed by atoms with Crippen molar-refractivity contribution in [2.24, 2.45) is 5.92 Å². The van der Waals surface area contributed by atoms with E-state index in [1.165, 1.54) is 19.3 Å². The van der Waals surface area contributed by atoms with Crippen LogP contribution >= 0.6 is 12.6 Å². The van der Waals surface area contributed by atoms with Crippen molar-refractivity contribution in [2.75, 3.05) is 0 Å². The number of nitrogens with one attached hydrogen (secondary N) is 1. The summed E-state index contributed by atoms with van der Waals surface area (Å²) in [4.78, 5) is 13.2. The van der Waals surface area contributed by atoms with Gasteiger partial charge in [0.2, 0.25) is 0 Å². The maximum Gasteiger partial charge on any atom is 0.251 e. The minimum absolute atomic E-state index is 0.0490. The SMILES string of the molecule is Cc1ccc(S)cc1C(=O)NC1CCCC(C)CC1. The molecule has 1 aliphatic carbocycles. The van der Waals surface area contributed by atoms with Gasteiger partial charge in [-0.2, -0.15) is 0 Å². The molecular weight excluding hydrogens is 254 g/mol. The first-order chi connectivity index (χ1) is 9.06. The Kier molecular flexibility index (Phi) is 4.92. The Hall–Kier alpha value is -0.960. The maximum absolute atomic E-state index is 12.3. The Balaban J connectivity index is 2.02. The predicted molar refractivity (Wildman–Crippen MR) is 81.9 cm³/mol. The second kappa shape index (κ2) is 6.47. The highest BCUT2D eigenvalue weighted by molar-refractivity contribution is 7.80. The summed E-state index contributed by atoms with van der Waals surface area (Å²) in [6.45, 7) is 4.27. The van der Waals surface area contributed by atoms with E-state index < -0.39 is 0 Å².